The van der Waals surface area contributed by atoms with Crippen LogP contribution in [0.1, 0.15) is 38.3 Å². The zero-order valence-corrected chi connectivity index (χ0v) is 19.2. The lowest BCUT2D eigenvalue weighted by molar-refractivity contribution is -0.126. The van der Waals surface area contributed by atoms with Crippen LogP contribution in [-0.4, -0.2) is 56.3 Å². The summed E-state index contributed by atoms with van der Waals surface area (Å²) in [5.41, 5.74) is 1.19. The van der Waals surface area contributed by atoms with Crippen molar-refractivity contribution in [2.24, 2.45) is 5.92 Å². The van der Waals surface area contributed by atoms with E-state index in [1.165, 1.54) is 9.87 Å². The van der Waals surface area contributed by atoms with Gasteiger partial charge in [-0.05, 0) is 43.6 Å². The third kappa shape index (κ3) is 5.73. The quantitative estimate of drug-likeness (QED) is 0.646. The van der Waals surface area contributed by atoms with Gasteiger partial charge in [-0.1, -0.05) is 62.4 Å². The number of likely N-dealkylation sites (N-methyl/N-ethyl adjacent to an activating group) is 1. The van der Waals surface area contributed by atoms with Crippen LogP contribution in [0.5, 0.6) is 0 Å². The number of rotatable bonds is 9. The number of hydrogen-bond donors (Lipinski definition) is 1. The number of sulfonamides is 1. The molecule has 168 valence electrons. The molecule has 0 aromatic heterocycles. The van der Waals surface area contributed by atoms with Gasteiger partial charge in [0.05, 0.1) is 10.9 Å². The second-order valence-electron chi connectivity index (χ2n) is 7.88. The van der Waals surface area contributed by atoms with Crippen molar-refractivity contribution in [3.63, 3.8) is 0 Å². The topological polar surface area (TPSA) is 69.7 Å². The summed E-state index contributed by atoms with van der Waals surface area (Å²) in [6.45, 7) is 7.35. The number of carbonyl (C=O) groups excluding carboxylic acids is 1. The first-order chi connectivity index (χ1) is 15.0. The molecular formula is C24H33N3O3S. The summed E-state index contributed by atoms with van der Waals surface area (Å²) in [7, 11) is -3.50. The minimum Gasteiger partial charge on any atom is -0.354 e. The molecule has 0 spiro atoms. The van der Waals surface area contributed by atoms with E-state index in [0.29, 0.717) is 37.4 Å². The van der Waals surface area contributed by atoms with E-state index in [0.717, 1.165) is 13.1 Å². The van der Waals surface area contributed by atoms with Gasteiger partial charge < -0.3 is 5.32 Å². The molecule has 31 heavy (non-hydrogen) atoms. The van der Waals surface area contributed by atoms with Gasteiger partial charge in [-0.2, -0.15) is 4.31 Å². The van der Waals surface area contributed by atoms with Crippen LogP contribution in [0.15, 0.2) is 65.6 Å². The van der Waals surface area contributed by atoms with Crippen molar-refractivity contribution in [1.82, 2.24) is 14.5 Å². The number of piperidine rings is 1. The zero-order chi connectivity index (χ0) is 22.3. The van der Waals surface area contributed by atoms with E-state index in [2.05, 4.69) is 36.2 Å². The molecule has 1 atom stereocenters. The highest BCUT2D eigenvalue weighted by Gasteiger charge is 2.32. The van der Waals surface area contributed by atoms with E-state index in [1.807, 2.05) is 18.2 Å². The van der Waals surface area contributed by atoms with Crippen molar-refractivity contribution in [3.05, 3.63) is 66.2 Å². The van der Waals surface area contributed by atoms with Gasteiger partial charge in [0.25, 0.3) is 0 Å². The van der Waals surface area contributed by atoms with Crippen LogP contribution in [0.2, 0.25) is 0 Å². The summed E-state index contributed by atoms with van der Waals surface area (Å²) < 4.78 is 27.1. The van der Waals surface area contributed by atoms with Crippen LogP contribution in [0.3, 0.4) is 0 Å². The lowest BCUT2D eigenvalue weighted by atomic mass is 9.97. The summed E-state index contributed by atoms with van der Waals surface area (Å²) in [5, 5.41) is 3.14. The molecule has 0 radical (unpaired) electrons. The molecule has 0 unspecified atom stereocenters. The van der Waals surface area contributed by atoms with E-state index < -0.39 is 10.0 Å². The molecule has 0 aliphatic carbocycles. The Morgan fingerprint density at radius 2 is 1.55 bits per heavy atom. The van der Waals surface area contributed by atoms with Gasteiger partial charge in [-0.25, -0.2) is 8.42 Å². The van der Waals surface area contributed by atoms with E-state index in [1.54, 1.807) is 30.3 Å². The van der Waals surface area contributed by atoms with Crippen LogP contribution in [0.25, 0.3) is 0 Å². The third-order valence-electron chi connectivity index (χ3n) is 6.11. The van der Waals surface area contributed by atoms with Gasteiger partial charge in [0.15, 0.2) is 0 Å². The van der Waals surface area contributed by atoms with Gasteiger partial charge in [0.1, 0.15) is 0 Å². The highest BCUT2D eigenvalue weighted by molar-refractivity contribution is 7.89. The first-order valence-electron chi connectivity index (χ1n) is 11.1. The molecule has 1 saturated heterocycles. The van der Waals surface area contributed by atoms with Crippen LogP contribution in [0.4, 0.5) is 0 Å². The Hall–Kier alpha value is -2.22. The Morgan fingerprint density at radius 1 is 1.00 bits per heavy atom. The molecule has 0 bridgehead atoms. The van der Waals surface area contributed by atoms with E-state index in [-0.39, 0.29) is 17.9 Å². The smallest absolute Gasteiger partial charge is 0.243 e. The first-order valence-corrected chi connectivity index (χ1v) is 12.5. The molecule has 1 fully saturated rings. The molecule has 1 heterocycles. The molecule has 1 amide bonds. The molecule has 2 aromatic carbocycles. The molecule has 1 aliphatic rings. The van der Waals surface area contributed by atoms with Gasteiger partial charge >= 0.3 is 0 Å². The summed E-state index contributed by atoms with van der Waals surface area (Å²) in [5.74, 6) is -0.139. The number of carbonyl (C=O) groups is 1. The molecule has 7 heteroatoms. The molecular weight excluding hydrogens is 410 g/mol. The number of benzene rings is 2. The fourth-order valence-electron chi connectivity index (χ4n) is 4.24. The van der Waals surface area contributed by atoms with Gasteiger partial charge in [-0.15, -0.1) is 0 Å². The highest BCUT2D eigenvalue weighted by Crippen LogP contribution is 2.25. The Morgan fingerprint density at radius 3 is 2.10 bits per heavy atom. The summed E-state index contributed by atoms with van der Waals surface area (Å²) in [4.78, 5) is 15.5. The number of nitrogens with one attached hydrogen (secondary N) is 1. The molecule has 6 nitrogen and oxygen atoms in total. The van der Waals surface area contributed by atoms with Crippen molar-refractivity contribution in [3.8, 4) is 0 Å². The predicted octanol–water partition coefficient (Wildman–Crippen LogP) is 3.29. The lowest BCUT2D eigenvalue weighted by Gasteiger charge is -2.33. The molecule has 1 N–H and O–H groups in total. The van der Waals surface area contributed by atoms with Crippen molar-refractivity contribution in [1.29, 1.82) is 0 Å². The first kappa shape index (κ1) is 23.4. The number of hydrogen-bond acceptors (Lipinski definition) is 4. The molecule has 1 aliphatic heterocycles. The summed E-state index contributed by atoms with van der Waals surface area (Å²) in [6, 6.07) is 18.9. The van der Waals surface area contributed by atoms with Crippen LogP contribution in [0, 0.1) is 5.92 Å². The second kappa shape index (κ2) is 10.9. The summed E-state index contributed by atoms with van der Waals surface area (Å²) in [6.07, 6.45) is 1.08. The Labute approximate surface area is 186 Å². The van der Waals surface area contributed by atoms with Gasteiger partial charge in [-0.3, -0.25) is 9.69 Å². The largest absolute Gasteiger partial charge is 0.354 e. The average molecular weight is 444 g/mol. The van der Waals surface area contributed by atoms with Crippen molar-refractivity contribution in [2.45, 2.75) is 37.6 Å². The van der Waals surface area contributed by atoms with Crippen molar-refractivity contribution >= 4 is 15.9 Å². The predicted molar refractivity (Wildman–Crippen MR) is 123 cm³/mol. The lowest BCUT2D eigenvalue weighted by Crippen LogP contribution is -2.45. The molecule has 3 rings (SSSR count). The maximum Gasteiger partial charge on any atom is 0.243 e. The fraction of sp³-hybridized carbons (Fsp3) is 0.458. The second-order valence-corrected chi connectivity index (χ2v) is 9.82. The zero-order valence-electron chi connectivity index (χ0n) is 18.4. The Bertz CT molecular complexity index is 923. The minimum atomic E-state index is -3.50. The van der Waals surface area contributed by atoms with Gasteiger partial charge in [0, 0.05) is 25.6 Å². The monoisotopic (exact) mass is 443 g/mol. The van der Waals surface area contributed by atoms with E-state index >= 15 is 0 Å². The fourth-order valence-corrected chi connectivity index (χ4v) is 5.73. The highest BCUT2D eigenvalue weighted by atomic mass is 32.2. The number of amides is 1. The SMILES string of the molecule is CCN(CC)[C@@H](CNC(=O)C1CCN(S(=O)(=O)c2ccccc2)CC1)c1ccccc1. The minimum absolute atomic E-state index is 0.0184. The van der Waals surface area contributed by atoms with Gasteiger partial charge in [0.2, 0.25) is 15.9 Å². The Kier molecular flexibility index (Phi) is 8.23. The standard InChI is InChI=1S/C24H33N3O3S/c1-3-26(4-2)23(20-11-7-5-8-12-20)19-25-24(28)21-15-17-27(18-16-21)31(29,30)22-13-9-6-10-14-22/h5-14,21,23H,3-4,15-19H2,1-2H3,(H,25,28)/t23-/m0/s1. The van der Waals surface area contributed by atoms with Crippen LogP contribution in [-0.2, 0) is 14.8 Å². The molecule has 0 saturated carbocycles. The molecule has 2 aromatic rings. The van der Waals surface area contributed by atoms with Crippen LogP contribution >= 0.6 is 0 Å². The maximum atomic E-state index is 12.9. The number of nitrogens with zero attached hydrogens (tertiary/aromatic N) is 2. The third-order valence-corrected chi connectivity index (χ3v) is 8.03. The average Bonchev–Trinajstić information content (AvgIpc) is 2.82. The maximum absolute atomic E-state index is 12.9. The Balaban J connectivity index is 1.58. The van der Waals surface area contributed by atoms with E-state index in [4.69, 9.17) is 0 Å². The van der Waals surface area contributed by atoms with Crippen molar-refractivity contribution in [2.75, 3.05) is 32.7 Å². The summed E-state index contributed by atoms with van der Waals surface area (Å²) >= 11 is 0. The van der Waals surface area contributed by atoms with Crippen molar-refractivity contribution < 1.29 is 13.2 Å². The normalized spacial score (nSPS) is 16.9. The van der Waals surface area contributed by atoms with E-state index in [9.17, 15) is 13.2 Å². The van der Waals surface area contributed by atoms with Crippen LogP contribution < -0.4 is 5.32 Å².